The summed E-state index contributed by atoms with van der Waals surface area (Å²) in [5.41, 5.74) is 1.81. The summed E-state index contributed by atoms with van der Waals surface area (Å²) in [4.78, 5) is 25.8. The fourth-order valence-corrected chi connectivity index (χ4v) is 7.28. The Kier molecular flexibility index (Phi) is 4.32. The van der Waals surface area contributed by atoms with Crippen molar-refractivity contribution in [3.05, 3.63) is 40.7 Å². The first-order chi connectivity index (χ1) is 14.4. The van der Waals surface area contributed by atoms with Crippen molar-refractivity contribution in [1.82, 2.24) is 0 Å². The van der Waals surface area contributed by atoms with Crippen LogP contribution in [0.15, 0.2) is 29.5 Å². The van der Waals surface area contributed by atoms with Crippen LogP contribution in [0.4, 0.5) is 0 Å². The lowest BCUT2D eigenvalue weighted by Crippen LogP contribution is -2.54. The molecule has 0 radical (unpaired) electrons. The van der Waals surface area contributed by atoms with Crippen molar-refractivity contribution in [3.63, 3.8) is 0 Å². The van der Waals surface area contributed by atoms with Gasteiger partial charge in [-0.25, -0.2) is 4.79 Å². The number of hydrogen-bond donors (Lipinski definition) is 0. The van der Waals surface area contributed by atoms with Crippen LogP contribution in [0.5, 0.6) is 5.75 Å². The van der Waals surface area contributed by atoms with Crippen LogP contribution < -0.4 is 4.74 Å². The fourth-order valence-electron chi connectivity index (χ4n) is 7.28. The summed E-state index contributed by atoms with van der Waals surface area (Å²) in [5.74, 6) is 2.11. The molecule has 1 aromatic rings. The first-order valence-corrected chi connectivity index (χ1v) is 11.1. The van der Waals surface area contributed by atoms with Gasteiger partial charge in [-0.05, 0) is 86.5 Å². The summed E-state index contributed by atoms with van der Waals surface area (Å²) < 4.78 is 16.6. The molecule has 0 N–H and O–H groups in total. The number of esters is 1. The third-order valence-corrected chi connectivity index (χ3v) is 8.72. The molecule has 2 saturated carbocycles. The number of Topliss-reactive ketones (excluding diaryl/α,β-unsaturated/α-hetero) is 1. The van der Waals surface area contributed by atoms with Crippen LogP contribution in [0.1, 0.15) is 63.0 Å². The molecule has 1 aromatic carbocycles. The monoisotopic (exact) mass is 410 g/mol. The van der Waals surface area contributed by atoms with E-state index in [2.05, 4.69) is 25.1 Å². The Morgan fingerprint density at radius 1 is 1.17 bits per heavy atom. The highest BCUT2D eigenvalue weighted by Gasteiger charge is 2.69. The molecule has 30 heavy (non-hydrogen) atoms. The van der Waals surface area contributed by atoms with Crippen molar-refractivity contribution in [2.75, 3.05) is 14.2 Å². The molecule has 4 aliphatic rings. The second kappa shape index (κ2) is 6.60. The Balaban J connectivity index is 1.48. The first kappa shape index (κ1) is 19.7. The normalized spacial score (nSPS) is 36.8. The molecular weight excluding hydrogens is 380 g/mol. The van der Waals surface area contributed by atoms with E-state index in [9.17, 15) is 9.59 Å². The van der Waals surface area contributed by atoms with E-state index in [0.29, 0.717) is 29.9 Å². The molecule has 3 aliphatic carbocycles. The average Bonchev–Trinajstić information content (AvgIpc) is 3.20. The molecule has 0 bridgehead atoms. The number of hydrogen-bond acceptors (Lipinski definition) is 5. The maximum absolute atomic E-state index is 13.5. The zero-order valence-corrected chi connectivity index (χ0v) is 18.2. The smallest absolute Gasteiger partial charge is 0.345 e. The van der Waals surface area contributed by atoms with Gasteiger partial charge in [0.15, 0.2) is 5.60 Å². The summed E-state index contributed by atoms with van der Waals surface area (Å²) in [6.45, 7) is 3.96. The van der Waals surface area contributed by atoms with Gasteiger partial charge < -0.3 is 14.2 Å². The topological polar surface area (TPSA) is 61.8 Å². The first-order valence-electron chi connectivity index (χ1n) is 11.1. The van der Waals surface area contributed by atoms with Gasteiger partial charge in [-0.15, -0.1) is 0 Å². The summed E-state index contributed by atoms with van der Waals surface area (Å²) in [5, 5.41) is 0. The number of ether oxygens (including phenoxy) is 3. The van der Waals surface area contributed by atoms with E-state index >= 15 is 0 Å². The zero-order valence-electron chi connectivity index (χ0n) is 18.2. The fraction of sp³-hybridized carbons (Fsp3) is 0.600. The third kappa shape index (κ3) is 2.35. The van der Waals surface area contributed by atoms with E-state index in [1.54, 1.807) is 14.0 Å². The van der Waals surface area contributed by atoms with Gasteiger partial charge >= 0.3 is 5.97 Å². The highest BCUT2D eigenvalue weighted by Crippen LogP contribution is 2.67. The molecule has 0 unspecified atom stereocenters. The minimum atomic E-state index is -0.906. The summed E-state index contributed by atoms with van der Waals surface area (Å²) in [6, 6.07) is 6.51. The number of benzene rings is 1. The molecule has 5 nitrogen and oxygen atoms in total. The standard InChI is InChI=1S/C25H30O5/c1-14-21(23(27)29-4)22(26)25(30-14)12-10-20-19-7-5-15-13-16(28-3)6-8-17(15)18(19)9-11-24(20,25)2/h6,8,13,18-20H,5,7,9-12H2,1-4H3/t18-,19-,20+,24+,25-/m1/s1. The second-order valence-corrected chi connectivity index (χ2v) is 9.66. The molecule has 0 amide bonds. The van der Waals surface area contributed by atoms with E-state index in [4.69, 9.17) is 14.2 Å². The van der Waals surface area contributed by atoms with Gasteiger partial charge in [0.1, 0.15) is 17.1 Å². The van der Waals surface area contributed by atoms with Crippen molar-refractivity contribution in [1.29, 1.82) is 0 Å². The number of carbonyl (C=O) groups excluding carboxylic acids is 2. The molecule has 5 heteroatoms. The number of aryl methyl sites for hydroxylation is 1. The minimum absolute atomic E-state index is 0.114. The number of fused-ring (bicyclic) bond motifs is 6. The molecule has 5 atom stereocenters. The summed E-state index contributed by atoms with van der Waals surface area (Å²) >= 11 is 0. The Labute approximate surface area is 177 Å². The molecule has 1 heterocycles. The quantitative estimate of drug-likeness (QED) is 0.536. The van der Waals surface area contributed by atoms with E-state index in [1.807, 2.05) is 0 Å². The SMILES string of the molecule is COC(=O)C1=C(C)O[C@]2(CC[C@H]3[C@@H]4CCc5cc(OC)ccc5[C@H]4CC[C@@]32C)C1=O. The Bertz CT molecular complexity index is 962. The largest absolute Gasteiger partial charge is 0.497 e. The van der Waals surface area contributed by atoms with E-state index in [-0.39, 0.29) is 16.8 Å². The van der Waals surface area contributed by atoms with Gasteiger partial charge in [0, 0.05) is 5.41 Å². The van der Waals surface area contributed by atoms with Crippen LogP contribution in [0.25, 0.3) is 0 Å². The van der Waals surface area contributed by atoms with E-state index < -0.39 is 11.6 Å². The predicted octanol–water partition coefficient (Wildman–Crippen LogP) is 4.34. The lowest BCUT2D eigenvalue weighted by Gasteiger charge is -2.52. The molecule has 5 rings (SSSR count). The molecule has 0 saturated heterocycles. The molecule has 0 aromatic heterocycles. The van der Waals surface area contributed by atoms with Crippen LogP contribution in [-0.4, -0.2) is 31.6 Å². The minimum Gasteiger partial charge on any atom is -0.497 e. The Hall–Kier alpha value is -2.30. The second-order valence-electron chi connectivity index (χ2n) is 9.66. The highest BCUT2D eigenvalue weighted by atomic mass is 16.5. The van der Waals surface area contributed by atoms with Gasteiger partial charge in [0.2, 0.25) is 5.78 Å². The average molecular weight is 411 g/mol. The van der Waals surface area contributed by atoms with Crippen molar-refractivity contribution in [2.24, 2.45) is 17.3 Å². The lowest BCUT2D eigenvalue weighted by atomic mass is 9.52. The van der Waals surface area contributed by atoms with Crippen molar-refractivity contribution in [3.8, 4) is 5.75 Å². The van der Waals surface area contributed by atoms with Crippen molar-refractivity contribution >= 4 is 11.8 Å². The number of carbonyl (C=O) groups is 2. The van der Waals surface area contributed by atoms with Gasteiger partial charge in [-0.1, -0.05) is 13.0 Å². The maximum Gasteiger partial charge on any atom is 0.345 e. The van der Waals surface area contributed by atoms with Crippen LogP contribution in [0.3, 0.4) is 0 Å². The highest BCUT2D eigenvalue weighted by molar-refractivity contribution is 6.22. The predicted molar refractivity (Wildman–Crippen MR) is 111 cm³/mol. The van der Waals surface area contributed by atoms with Crippen molar-refractivity contribution < 1.29 is 23.8 Å². The summed E-state index contributed by atoms with van der Waals surface area (Å²) in [6.07, 6.45) is 5.80. The van der Waals surface area contributed by atoms with Gasteiger partial charge in [0.05, 0.1) is 14.2 Å². The number of ketones is 1. The molecule has 1 aliphatic heterocycles. The van der Waals surface area contributed by atoms with Gasteiger partial charge in [0.25, 0.3) is 0 Å². The van der Waals surface area contributed by atoms with Crippen molar-refractivity contribution in [2.45, 2.75) is 63.9 Å². The van der Waals surface area contributed by atoms with Crippen LogP contribution >= 0.6 is 0 Å². The van der Waals surface area contributed by atoms with E-state index in [0.717, 1.165) is 37.9 Å². The summed E-state index contributed by atoms with van der Waals surface area (Å²) in [7, 11) is 3.04. The van der Waals surface area contributed by atoms with Gasteiger partial charge in [-0.3, -0.25) is 4.79 Å². The molecule has 1 spiro atoms. The Morgan fingerprint density at radius 3 is 2.70 bits per heavy atom. The number of allylic oxidation sites excluding steroid dienone is 1. The zero-order chi connectivity index (χ0) is 21.3. The maximum atomic E-state index is 13.5. The van der Waals surface area contributed by atoms with Crippen LogP contribution in [0, 0.1) is 17.3 Å². The molecule has 160 valence electrons. The molecule has 2 fully saturated rings. The third-order valence-electron chi connectivity index (χ3n) is 8.72. The van der Waals surface area contributed by atoms with Crippen LogP contribution in [-0.2, 0) is 25.5 Å². The lowest BCUT2D eigenvalue weighted by molar-refractivity contribution is -0.151. The van der Waals surface area contributed by atoms with Gasteiger partial charge in [-0.2, -0.15) is 0 Å². The molecular formula is C25H30O5. The Morgan fingerprint density at radius 2 is 1.97 bits per heavy atom. The number of methoxy groups -OCH3 is 2. The van der Waals surface area contributed by atoms with E-state index in [1.165, 1.54) is 18.2 Å². The number of rotatable bonds is 2. The van der Waals surface area contributed by atoms with Crippen LogP contribution in [0.2, 0.25) is 0 Å².